The van der Waals surface area contributed by atoms with E-state index in [4.69, 9.17) is 0 Å². The molecule has 0 aliphatic heterocycles. The number of hydrogen-bond acceptors (Lipinski definition) is 6. The number of hydrogen-bond donors (Lipinski definition) is 1. The Bertz CT molecular complexity index is 1480. The molecule has 7 nitrogen and oxygen atoms in total. The predicted molar refractivity (Wildman–Crippen MR) is 123 cm³/mol. The third-order valence-corrected chi connectivity index (χ3v) is 6.12. The first kappa shape index (κ1) is 19.3. The van der Waals surface area contributed by atoms with Crippen LogP contribution in [0.4, 0.5) is 5.95 Å². The monoisotopic (exact) mass is 428 g/mol. The Kier molecular flexibility index (Phi) is 4.51. The number of amides is 1. The van der Waals surface area contributed by atoms with Gasteiger partial charge in [-0.15, -0.1) is 16.4 Å². The lowest BCUT2D eigenvalue weighted by atomic mass is 10.0. The fraction of sp³-hybridized carbons (Fsp3) is 0.174. The Labute approximate surface area is 182 Å². The van der Waals surface area contributed by atoms with E-state index in [0.29, 0.717) is 11.1 Å². The first-order valence-corrected chi connectivity index (χ1v) is 10.8. The molecule has 0 fully saturated rings. The van der Waals surface area contributed by atoms with Crippen LogP contribution in [0.5, 0.6) is 0 Å². The SMILES string of the molecule is Cc1ccc(-c2csc3nc(NC(=O)c4ccc5nc(C)c(C)nc5c4)nn23)c(C)c1. The summed E-state index contributed by atoms with van der Waals surface area (Å²) in [6.45, 7) is 7.98. The second kappa shape index (κ2) is 7.24. The smallest absolute Gasteiger partial charge is 0.258 e. The minimum Gasteiger partial charge on any atom is -0.289 e. The van der Waals surface area contributed by atoms with E-state index < -0.39 is 0 Å². The van der Waals surface area contributed by atoms with Gasteiger partial charge in [-0.2, -0.15) is 4.98 Å². The summed E-state index contributed by atoms with van der Waals surface area (Å²) in [6.07, 6.45) is 0. The molecule has 2 aromatic carbocycles. The number of benzene rings is 2. The number of rotatable bonds is 3. The summed E-state index contributed by atoms with van der Waals surface area (Å²) >= 11 is 1.49. The van der Waals surface area contributed by atoms with Gasteiger partial charge in [-0.25, -0.2) is 14.5 Å². The molecule has 0 spiro atoms. The Morgan fingerprint density at radius 1 is 0.935 bits per heavy atom. The summed E-state index contributed by atoms with van der Waals surface area (Å²) < 4.78 is 1.77. The van der Waals surface area contributed by atoms with E-state index in [1.54, 1.807) is 22.7 Å². The van der Waals surface area contributed by atoms with Crippen LogP contribution >= 0.6 is 11.3 Å². The van der Waals surface area contributed by atoms with Gasteiger partial charge >= 0.3 is 0 Å². The Hall–Kier alpha value is -3.65. The van der Waals surface area contributed by atoms with Crippen LogP contribution < -0.4 is 5.32 Å². The van der Waals surface area contributed by atoms with E-state index in [9.17, 15) is 4.79 Å². The summed E-state index contributed by atoms with van der Waals surface area (Å²) in [4.78, 5) is 27.0. The standard InChI is InChI=1S/C23H20N6OS/c1-12-5-7-17(13(2)9-12)20-11-31-23-27-22(28-29(20)23)26-21(30)16-6-8-18-19(10-16)25-15(4)14(3)24-18/h5-11H,1-4H3,(H,26,28,30). The largest absolute Gasteiger partial charge is 0.289 e. The topological polar surface area (TPSA) is 85.1 Å². The molecule has 0 saturated heterocycles. The summed E-state index contributed by atoms with van der Waals surface area (Å²) in [6, 6.07) is 11.6. The number of anilines is 1. The molecule has 154 valence electrons. The molecule has 3 aromatic heterocycles. The van der Waals surface area contributed by atoms with Gasteiger partial charge in [0, 0.05) is 16.5 Å². The van der Waals surface area contributed by atoms with Crippen molar-refractivity contribution >= 4 is 39.2 Å². The summed E-state index contributed by atoms with van der Waals surface area (Å²) in [5.74, 6) is -0.0117. The van der Waals surface area contributed by atoms with Crippen LogP contribution in [0.15, 0.2) is 41.8 Å². The van der Waals surface area contributed by atoms with Gasteiger partial charge in [0.1, 0.15) is 0 Å². The van der Waals surface area contributed by atoms with Crippen molar-refractivity contribution in [1.29, 1.82) is 0 Å². The van der Waals surface area contributed by atoms with Crippen LogP contribution in [0.3, 0.4) is 0 Å². The number of carbonyl (C=O) groups is 1. The van der Waals surface area contributed by atoms with Crippen LogP contribution in [0.25, 0.3) is 27.3 Å². The average Bonchev–Trinajstić information content (AvgIpc) is 3.29. The highest BCUT2D eigenvalue weighted by Gasteiger charge is 2.16. The van der Waals surface area contributed by atoms with Crippen LogP contribution in [0.2, 0.25) is 0 Å². The molecule has 0 atom stereocenters. The first-order valence-electron chi connectivity index (χ1n) is 9.87. The second-order valence-corrected chi connectivity index (χ2v) is 8.46. The van der Waals surface area contributed by atoms with Crippen molar-refractivity contribution in [3.8, 4) is 11.3 Å². The molecular formula is C23H20N6OS. The molecule has 31 heavy (non-hydrogen) atoms. The van der Waals surface area contributed by atoms with Gasteiger partial charge in [-0.1, -0.05) is 23.8 Å². The summed E-state index contributed by atoms with van der Waals surface area (Å²) in [5, 5.41) is 9.36. The van der Waals surface area contributed by atoms with E-state index >= 15 is 0 Å². The van der Waals surface area contributed by atoms with E-state index in [-0.39, 0.29) is 11.9 Å². The van der Waals surface area contributed by atoms with E-state index in [0.717, 1.165) is 33.1 Å². The molecule has 0 bridgehead atoms. The maximum atomic E-state index is 12.8. The van der Waals surface area contributed by atoms with E-state index in [1.165, 1.54) is 22.5 Å². The molecular weight excluding hydrogens is 408 g/mol. The van der Waals surface area contributed by atoms with Gasteiger partial charge in [-0.3, -0.25) is 10.1 Å². The van der Waals surface area contributed by atoms with Gasteiger partial charge in [0.2, 0.25) is 4.96 Å². The molecule has 0 aliphatic carbocycles. The zero-order valence-corrected chi connectivity index (χ0v) is 18.4. The molecule has 5 aromatic rings. The number of fused-ring (bicyclic) bond motifs is 2. The molecule has 3 heterocycles. The van der Waals surface area contributed by atoms with Crippen molar-refractivity contribution in [1.82, 2.24) is 24.6 Å². The zero-order chi connectivity index (χ0) is 21.7. The molecule has 8 heteroatoms. The van der Waals surface area contributed by atoms with Gasteiger partial charge in [0.05, 0.1) is 28.1 Å². The number of nitrogens with one attached hydrogen (secondary N) is 1. The third-order valence-electron chi connectivity index (χ3n) is 5.30. The van der Waals surface area contributed by atoms with Crippen LogP contribution in [0, 0.1) is 27.7 Å². The van der Waals surface area contributed by atoms with Gasteiger partial charge in [-0.05, 0) is 51.5 Å². The van der Waals surface area contributed by atoms with Gasteiger partial charge < -0.3 is 0 Å². The van der Waals surface area contributed by atoms with Gasteiger partial charge in [0.25, 0.3) is 11.9 Å². The highest BCUT2D eigenvalue weighted by molar-refractivity contribution is 7.15. The lowest BCUT2D eigenvalue weighted by Gasteiger charge is -2.06. The van der Waals surface area contributed by atoms with Crippen LogP contribution in [-0.2, 0) is 0 Å². The molecule has 1 N–H and O–H groups in total. The van der Waals surface area contributed by atoms with Crippen molar-refractivity contribution < 1.29 is 4.79 Å². The summed E-state index contributed by atoms with van der Waals surface area (Å²) in [5.41, 5.74) is 8.10. The number of carbonyl (C=O) groups excluding carboxylic acids is 1. The van der Waals surface area contributed by atoms with Crippen molar-refractivity contribution in [3.63, 3.8) is 0 Å². The lowest BCUT2D eigenvalue weighted by molar-refractivity contribution is 0.102. The van der Waals surface area contributed by atoms with Crippen molar-refractivity contribution in [3.05, 3.63) is 69.9 Å². The normalized spacial score (nSPS) is 11.4. The minimum absolute atomic E-state index is 0.272. The lowest BCUT2D eigenvalue weighted by Crippen LogP contribution is -2.13. The fourth-order valence-electron chi connectivity index (χ4n) is 3.57. The van der Waals surface area contributed by atoms with Crippen molar-refractivity contribution in [2.45, 2.75) is 27.7 Å². The molecule has 0 radical (unpaired) electrons. The number of aromatic nitrogens is 5. The Balaban J connectivity index is 1.45. The fourth-order valence-corrected chi connectivity index (χ4v) is 4.39. The quantitative estimate of drug-likeness (QED) is 0.442. The number of nitrogens with zero attached hydrogens (tertiary/aromatic N) is 5. The molecule has 5 rings (SSSR count). The molecule has 0 unspecified atom stereocenters. The zero-order valence-electron chi connectivity index (χ0n) is 17.6. The first-order chi connectivity index (χ1) is 14.9. The highest BCUT2D eigenvalue weighted by atomic mass is 32.1. The van der Waals surface area contributed by atoms with Gasteiger partial charge in [0.15, 0.2) is 0 Å². The molecule has 0 saturated carbocycles. The van der Waals surface area contributed by atoms with Crippen molar-refractivity contribution in [2.24, 2.45) is 0 Å². The van der Waals surface area contributed by atoms with Crippen LogP contribution in [-0.4, -0.2) is 30.5 Å². The molecule has 1 amide bonds. The highest BCUT2D eigenvalue weighted by Crippen LogP contribution is 2.29. The maximum absolute atomic E-state index is 12.8. The predicted octanol–water partition coefficient (Wildman–Crippen LogP) is 4.89. The minimum atomic E-state index is -0.284. The Morgan fingerprint density at radius 3 is 2.48 bits per heavy atom. The maximum Gasteiger partial charge on any atom is 0.258 e. The second-order valence-electron chi connectivity index (χ2n) is 7.62. The number of aryl methyl sites for hydroxylation is 4. The molecule has 0 aliphatic rings. The average molecular weight is 429 g/mol. The third kappa shape index (κ3) is 3.44. The van der Waals surface area contributed by atoms with E-state index in [1.807, 2.05) is 19.2 Å². The number of thiazole rings is 1. The summed E-state index contributed by atoms with van der Waals surface area (Å²) in [7, 11) is 0. The van der Waals surface area contributed by atoms with E-state index in [2.05, 4.69) is 57.4 Å². The van der Waals surface area contributed by atoms with Crippen LogP contribution in [0.1, 0.15) is 32.9 Å². The van der Waals surface area contributed by atoms with Crippen molar-refractivity contribution in [2.75, 3.05) is 5.32 Å². The Morgan fingerprint density at radius 2 is 1.71 bits per heavy atom.